The third kappa shape index (κ3) is 9.29. The summed E-state index contributed by atoms with van der Waals surface area (Å²) in [6.45, 7) is 24.6. The molecule has 0 unspecified atom stereocenters. The Balaban J connectivity index is 0.00000684. The van der Waals surface area contributed by atoms with Crippen LogP contribution in [0.25, 0.3) is 0 Å². The predicted molar refractivity (Wildman–Crippen MR) is 156 cm³/mol. The first-order chi connectivity index (χ1) is 16.4. The first-order valence-corrected chi connectivity index (χ1v) is 13.1. The van der Waals surface area contributed by atoms with E-state index < -0.39 is 0 Å². The first kappa shape index (κ1) is 32.9. The Morgan fingerprint density at radius 2 is 1.11 bits per heavy atom. The zero-order valence-electron chi connectivity index (χ0n) is 24.8. The molecule has 0 aliphatic carbocycles. The van der Waals surface area contributed by atoms with Gasteiger partial charge in [0.1, 0.15) is 11.5 Å². The van der Waals surface area contributed by atoms with Gasteiger partial charge in [-0.25, -0.2) is 0 Å². The second-order valence-corrected chi connectivity index (χ2v) is 13.5. The van der Waals surface area contributed by atoms with E-state index in [1.54, 1.807) is 12.4 Å². The molecule has 2 N–H and O–H groups in total. The van der Waals surface area contributed by atoms with E-state index in [2.05, 4.69) is 98.3 Å². The molecule has 0 atom stereocenters. The van der Waals surface area contributed by atoms with Crippen molar-refractivity contribution in [1.29, 1.82) is 0 Å². The van der Waals surface area contributed by atoms with Gasteiger partial charge >= 0.3 is 0 Å². The smallest absolute Gasteiger partial charge is 0.128 e. The first-order valence-electron chi connectivity index (χ1n) is 13.1. The van der Waals surface area contributed by atoms with Crippen LogP contribution < -0.4 is 0 Å². The molecule has 1 radical (unpaired) electrons. The molecule has 0 saturated heterocycles. The Labute approximate surface area is 235 Å². The van der Waals surface area contributed by atoms with Crippen LogP contribution in [0.2, 0.25) is 0 Å². The predicted octanol–water partition coefficient (Wildman–Crippen LogP) is 7.72. The van der Waals surface area contributed by atoms with Crippen molar-refractivity contribution in [2.45, 2.75) is 98.8 Å². The van der Waals surface area contributed by atoms with Crippen molar-refractivity contribution in [2.24, 2.45) is 15.9 Å². The second kappa shape index (κ2) is 12.6. The minimum Gasteiger partial charge on any atom is -0.507 e. The number of phenols is 2. The molecule has 4 nitrogen and oxygen atoms in total. The van der Waals surface area contributed by atoms with Crippen LogP contribution >= 0.6 is 0 Å². The van der Waals surface area contributed by atoms with Gasteiger partial charge in [-0.3, -0.25) is 9.98 Å². The summed E-state index contributed by atoms with van der Waals surface area (Å²) in [5.41, 5.74) is 5.42. The molecule has 207 valence electrons. The molecule has 0 aliphatic heterocycles. The molecule has 2 aromatic carbocycles. The van der Waals surface area contributed by atoms with Gasteiger partial charge in [0.25, 0.3) is 0 Å². The normalized spacial score (nSPS) is 13.1. The van der Waals surface area contributed by atoms with Crippen LogP contribution in [-0.4, -0.2) is 35.7 Å². The van der Waals surface area contributed by atoms with Crippen molar-refractivity contribution >= 4 is 12.4 Å². The van der Waals surface area contributed by atoms with E-state index in [-0.39, 0.29) is 33.0 Å². The van der Waals surface area contributed by atoms with Crippen molar-refractivity contribution in [2.75, 3.05) is 13.1 Å². The van der Waals surface area contributed by atoms with Gasteiger partial charge in [0.2, 0.25) is 0 Å². The zero-order valence-corrected chi connectivity index (χ0v) is 25.8. The number of hydrogen-bond acceptors (Lipinski definition) is 4. The summed E-state index contributed by atoms with van der Waals surface area (Å²) >= 11 is 0. The summed E-state index contributed by atoms with van der Waals surface area (Å²) in [6, 6.07) is 8.31. The summed E-state index contributed by atoms with van der Waals surface area (Å²) in [5, 5.41) is 21.8. The van der Waals surface area contributed by atoms with Gasteiger partial charge in [-0.2, -0.15) is 0 Å². The van der Waals surface area contributed by atoms with Crippen LogP contribution in [0.5, 0.6) is 11.5 Å². The second-order valence-electron chi connectivity index (χ2n) is 13.5. The minimum atomic E-state index is -0.170. The van der Waals surface area contributed by atoms with E-state index in [9.17, 15) is 10.2 Å². The van der Waals surface area contributed by atoms with E-state index in [0.717, 1.165) is 28.7 Å². The van der Waals surface area contributed by atoms with Crippen LogP contribution in [-0.2, 0) is 39.4 Å². The average Bonchev–Trinajstić information content (AvgIpc) is 2.70. The van der Waals surface area contributed by atoms with Crippen molar-refractivity contribution in [3.63, 3.8) is 0 Å². The van der Waals surface area contributed by atoms with E-state index in [0.29, 0.717) is 30.5 Å². The van der Waals surface area contributed by atoms with Crippen LogP contribution in [0.3, 0.4) is 0 Å². The molecule has 0 saturated carbocycles. The number of rotatable bonds is 7. The van der Waals surface area contributed by atoms with Gasteiger partial charge in [0, 0.05) is 51.5 Å². The number of aromatic hydroxyl groups is 2. The fourth-order valence-electron chi connectivity index (χ4n) is 4.18. The van der Waals surface area contributed by atoms with Gasteiger partial charge in [-0.1, -0.05) is 88.3 Å². The molecular weight excluding hydrogens is 503 g/mol. The van der Waals surface area contributed by atoms with Gasteiger partial charge in [0.15, 0.2) is 0 Å². The maximum Gasteiger partial charge on any atom is 0.128 e. The SMILES string of the molecule is CC(C)Cc1cc(C=NCCN=Cc2cc(C(C)(C)C)cc(C(C)(C)C)c2O)c(O)c(C(C)(C)C)c1.[Co]. The topological polar surface area (TPSA) is 65.2 Å². The molecule has 0 amide bonds. The molecule has 2 rings (SSSR count). The van der Waals surface area contributed by atoms with E-state index in [1.165, 1.54) is 11.1 Å². The van der Waals surface area contributed by atoms with E-state index in [4.69, 9.17) is 0 Å². The van der Waals surface area contributed by atoms with Gasteiger partial charge in [0.05, 0.1) is 13.1 Å². The molecule has 0 aliphatic rings. The van der Waals surface area contributed by atoms with Crippen molar-refractivity contribution < 1.29 is 27.0 Å². The monoisotopic (exact) mass is 551 g/mol. The fourth-order valence-corrected chi connectivity index (χ4v) is 4.18. The van der Waals surface area contributed by atoms with Crippen LogP contribution in [0, 0.1) is 5.92 Å². The van der Waals surface area contributed by atoms with Crippen LogP contribution in [0.15, 0.2) is 34.3 Å². The third-order valence-electron chi connectivity index (χ3n) is 6.28. The molecule has 0 bridgehead atoms. The van der Waals surface area contributed by atoms with Crippen molar-refractivity contribution in [3.05, 3.63) is 57.6 Å². The Morgan fingerprint density at radius 1 is 0.676 bits per heavy atom. The summed E-state index contributed by atoms with van der Waals surface area (Å²) in [5.74, 6) is 1.14. The van der Waals surface area contributed by atoms with Gasteiger partial charge in [-0.15, -0.1) is 0 Å². The zero-order chi connectivity index (χ0) is 27.5. The molecule has 0 spiro atoms. The summed E-state index contributed by atoms with van der Waals surface area (Å²) < 4.78 is 0. The Morgan fingerprint density at radius 3 is 1.51 bits per heavy atom. The average molecular weight is 552 g/mol. The molecule has 0 aromatic heterocycles. The van der Waals surface area contributed by atoms with Crippen LogP contribution in [0.4, 0.5) is 0 Å². The molecular formula is C32H48CoN2O2. The van der Waals surface area contributed by atoms with E-state index in [1.807, 2.05) is 12.1 Å². The molecule has 0 fully saturated rings. The summed E-state index contributed by atoms with van der Waals surface area (Å²) in [4.78, 5) is 9.11. The van der Waals surface area contributed by atoms with Crippen molar-refractivity contribution in [1.82, 2.24) is 0 Å². The Bertz CT molecular complexity index is 1110. The molecule has 0 heterocycles. The quantitative estimate of drug-likeness (QED) is 0.273. The third-order valence-corrected chi connectivity index (χ3v) is 6.28. The van der Waals surface area contributed by atoms with Crippen LogP contribution in [0.1, 0.15) is 110 Å². The van der Waals surface area contributed by atoms with Gasteiger partial charge < -0.3 is 10.2 Å². The maximum absolute atomic E-state index is 10.9. The number of nitrogens with zero attached hydrogens (tertiary/aromatic N) is 2. The largest absolute Gasteiger partial charge is 0.507 e. The maximum atomic E-state index is 10.9. The molecule has 37 heavy (non-hydrogen) atoms. The summed E-state index contributed by atoms with van der Waals surface area (Å²) in [6.07, 6.45) is 4.48. The van der Waals surface area contributed by atoms with E-state index >= 15 is 0 Å². The summed E-state index contributed by atoms with van der Waals surface area (Å²) in [7, 11) is 0. The number of hydrogen-bond donors (Lipinski definition) is 2. The van der Waals surface area contributed by atoms with Gasteiger partial charge in [-0.05, 0) is 51.8 Å². The number of aliphatic imine (C=N–C) groups is 2. The fraction of sp³-hybridized carbons (Fsp3) is 0.562. The standard InChI is InChI=1S/C32H48N2O2.Co/c1-21(2)14-22-15-23(28(35)26(16-22)31(6,7)8)19-33-12-13-34-20-24-17-25(30(3,4)5)18-27(29(24)36)32(9,10)11;/h15-21,35-36H,12-14H2,1-11H3;. The number of phenolic OH excluding ortho intramolecular Hbond substituents is 2. The number of benzene rings is 2. The molecule has 5 heteroatoms. The Hall–Kier alpha value is -2.11. The minimum absolute atomic E-state index is 0. The Kier molecular flexibility index (Phi) is 11.2. The molecule has 2 aromatic rings. The van der Waals surface area contributed by atoms with Crippen molar-refractivity contribution in [3.8, 4) is 11.5 Å².